The maximum absolute atomic E-state index is 4.18. The molecule has 0 bridgehead atoms. The largest absolute Gasteiger partial charge is 0.257 e. The van der Waals surface area contributed by atoms with Gasteiger partial charge in [0.1, 0.15) is 0 Å². The summed E-state index contributed by atoms with van der Waals surface area (Å²) in [4.78, 5) is 4.18. The van der Waals surface area contributed by atoms with Gasteiger partial charge in [-0.2, -0.15) is 0 Å². The van der Waals surface area contributed by atoms with Crippen LogP contribution >= 0.6 is 0 Å². The molecule has 0 saturated carbocycles. The van der Waals surface area contributed by atoms with Gasteiger partial charge in [0.05, 0.1) is 5.71 Å². The van der Waals surface area contributed by atoms with E-state index in [9.17, 15) is 0 Å². The Bertz CT molecular complexity index is 207. The van der Waals surface area contributed by atoms with Crippen molar-refractivity contribution < 1.29 is 0 Å². The molecule has 0 N–H and O–H groups in total. The van der Waals surface area contributed by atoms with Crippen molar-refractivity contribution in [1.82, 2.24) is 0 Å². The predicted molar refractivity (Wildman–Crippen MR) is 51.9 cm³/mol. The van der Waals surface area contributed by atoms with Crippen molar-refractivity contribution in [3.05, 3.63) is 36.6 Å². The summed E-state index contributed by atoms with van der Waals surface area (Å²) in [7, 11) is 0. The van der Waals surface area contributed by atoms with Gasteiger partial charge in [0.2, 0.25) is 0 Å². The van der Waals surface area contributed by atoms with Crippen molar-refractivity contribution in [2.45, 2.75) is 20.8 Å². The summed E-state index contributed by atoms with van der Waals surface area (Å²) in [5.41, 5.74) is 1.92. The zero-order chi connectivity index (χ0) is 8.69. The van der Waals surface area contributed by atoms with Crippen LogP contribution in [0.2, 0.25) is 0 Å². The first-order chi connectivity index (χ1) is 5.22. The highest BCUT2D eigenvalue weighted by molar-refractivity contribution is 6.07. The van der Waals surface area contributed by atoms with Crippen LogP contribution in [0.25, 0.3) is 0 Å². The number of aliphatic imine (C=N–C) groups is 1. The van der Waals surface area contributed by atoms with Crippen LogP contribution in [0, 0.1) is 0 Å². The Hall–Kier alpha value is -1.11. The molecule has 0 unspecified atom stereocenters. The summed E-state index contributed by atoms with van der Waals surface area (Å²) in [6.45, 7) is 9.66. The number of hydrogen-bond donors (Lipinski definition) is 0. The Morgan fingerprint density at radius 3 is 2.27 bits per heavy atom. The molecule has 0 aromatic heterocycles. The molecule has 1 nitrogen and oxygen atoms in total. The third kappa shape index (κ3) is 4.31. The highest BCUT2D eigenvalue weighted by atomic mass is 14.7. The monoisotopic (exact) mass is 149 g/mol. The van der Waals surface area contributed by atoms with Crippen LogP contribution in [0.4, 0.5) is 0 Å². The zero-order valence-electron chi connectivity index (χ0n) is 7.46. The van der Waals surface area contributed by atoms with Gasteiger partial charge in [0, 0.05) is 6.20 Å². The van der Waals surface area contributed by atoms with Crippen LogP contribution in [-0.4, -0.2) is 5.71 Å². The molecule has 0 aliphatic heterocycles. The van der Waals surface area contributed by atoms with Crippen molar-refractivity contribution in [2.24, 2.45) is 4.99 Å². The van der Waals surface area contributed by atoms with Gasteiger partial charge in [-0.25, -0.2) is 0 Å². The lowest BCUT2D eigenvalue weighted by Crippen LogP contribution is -1.92. The van der Waals surface area contributed by atoms with E-state index in [0.29, 0.717) is 0 Å². The molecule has 0 rings (SSSR count). The van der Waals surface area contributed by atoms with Crippen molar-refractivity contribution >= 4 is 5.71 Å². The topological polar surface area (TPSA) is 12.4 Å². The minimum absolute atomic E-state index is 0.936. The van der Waals surface area contributed by atoms with Crippen LogP contribution < -0.4 is 0 Å². The third-order valence-corrected chi connectivity index (χ3v) is 1.12. The summed E-state index contributed by atoms with van der Waals surface area (Å²) in [6.07, 6.45) is 7.57. The Balaban J connectivity index is 4.45. The first kappa shape index (κ1) is 9.89. The van der Waals surface area contributed by atoms with E-state index in [4.69, 9.17) is 0 Å². The summed E-state index contributed by atoms with van der Waals surface area (Å²) in [6, 6.07) is 0. The van der Waals surface area contributed by atoms with E-state index in [2.05, 4.69) is 11.6 Å². The van der Waals surface area contributed by atoms with Gasteiger partial charge in [-0.15, -0.1) is 0 Å². The first-order valence-electron chi connectivity index (χ1n) is 3.70. The Morgan fingerprint density at radius 2 is 1.91 bits per heavy atom. The molecule has 0 amide bonds. The maximum Gasteiger partial charge on any atom is 0.0649 e. The smallest absolute Gasteiger partial charge is 0.0649 e. The molecular formula is C10H15N. The molecule has 11 heavy (non-hydrogen) atoms. The van der Waals surface area contributed by atoms with E-state index in [0.717, 1.165) is 11.3 Å². The number of rotatable bonds is 3. The first-order valence-corrected chi connectivity index (χ1v) is 3.70. The second-order valence-corrected chi connectivity index (χ2v) is 2.28. The summed E-state index contributed by atoms with van der Waals surface area (Å²) in [5, 5.41) is 0. The summed E-state index contributed by atoms with van der Waals surface area (Å²) < 4.78 is 0. The zero-order valence-corrected chi connectivity index (χ0v) is 7.46. The Morgan fingerprint density at radius 1 is 1.27 bits per heavy atom. The molecule has 0 heterocycles. The Labute approximate surface area is 68.9 Å². The van der Waals surface area contributed by atoms with Crippen molar-refractivity contribution in [3.8, 4) is 0 Å². The highest BCUT2D eigenvalue weighted by Crippen LogP contribution is 1.96. The SMILES string of the molecule is C=C(C)C(/C=C\C)=N\C=C/C. The molecule has 0 aromatic rings. The van der Waals surface area contributed by atoms with E-state index in [-0.39, 0.29) is 0 Å². The van der Waals surface area contributed by atoms with Gasteiger partial charge in [-0.1, -0.05) is 18.7 Å². The fraction of sp³-hybridized carbons (Fsp3) is 0.300. The average molecular weight is 149 g/mol. The molecule has 0 aliphatic carbocycles. The van der Waals surface area contributed by atoms with Gasteiger partial charge in [0.15, 0.2) is 0 Å². The number of hydrogen-bond acceptors (Lipinski definition) is 1. The molecule has 0 spiro atoms. The molecule has 1 heteroatoms. The minimum atomic E-state index is 0.936. The number of allylic oxidation sites excluding steroid dienone is 4. The maximum atomic E-state index is 4.18. The van der Waals surface area contributed by atoms with Gasteiger partial charge in [-0.3, -0.25) is 4.99 Å². The molecule has 0 radical (unpaired) electrons. The normalized spacial score (nSPS) is 13.2. The van der Waals surface area contributed by atoms with Gasteiger partial charge >= 0.3 is 0 Å². The van der Waals surface area contributed by atoms with Gasteiger partial charge < -0.3 is 0 Å². The third-order valence-electron chi connectivity index (χ3n) is 1.12. The standard InChI is InChI=1S/C10H15N/c1-5-7-10(9(3)4)11-8-6-2/h5-8H,3H2,1-2,4H3/b7-5-,8-6-,11-10-. The quantitative estimate of drug-likeness (QED) is 0.547. The van der Waals surface area contributed by atoms with E-state index in [1.54, 1.807) is 6.20 Å². The highest BCUT2D eigenvalue weighted by Gasteiger charge is 1.90. The molecule has 0 saturated heterocycles. The lowest BCUT2D eigenvalue weighted by atomic mass is 10.2. The van der Waals surface area contributed by atoms with Crippen LogP contribution in [0.1, 0.15) is 20.8 Å². The van der Waals surface area contributed by atoms with Crippen molar-refractivity contribution in [2.75, 3.05) is 0 Å². The lowest BCUT2D eigenvalue weighted by molar-refractivity contribution is 1.48. The van der Waals surface area contributed by atoms with Crippen LogP contribution in [0.5, 0.6) is 0 Å². The Kier molecular flexibility index (Phi) is 5.09. The fourth-order valence-electron chi connectivity index (χ4n) is 0.608. The molecule has 0 aromatic carbocycles. The second kappa shape index (κ2) is 5.66. The molecule has 60 valence electrons. The predicted octanol–water partition coefficient (Wildman–Crippen LogP) is 3.11. The minimum Gasteiger partial charge on any atom is -0.257 e. The molecular weight excluding hydrogens is 134 g/mol. The van der Waals surface area contributed by atoms with Crippen LogP contribution in [0.15, 0.2) is 41.6 Å². The molecule has 0 aliphatic rings. The van der Waals surface area contributed by atoms with E-state index >= 15 is 0 Å². The van der Waals surface area contributed by atoms with Crippen LogP contribution in [0.3, 0.4) is 0 Å². The molecule has 0 fully saturated rings. The van der Waals surface area contributed by atoms with Gasteiger partial charge in [-0.05, 0) is 32.4 Å². The van der Waals surface area contributed by atoms with E-state index in [1.807, 2.05) is 39.0 Å². The average Bonchev–Trinajstić information content (AvgIpc) is 1.97. The van der Waals surface area contributed by atoms with Crippen molar-refractivity contribution in [1.29, 1.82) is 0 Å². The van der Waals surface area contributed by atoms with Crippen LogP contribution in [-0.2, 0) is 0 Å². The summed E-state index contributed by atoms with van der Waals surface area (Å²) in [5.74, 6) is 0. The van der Waals surface area contributed by atoms with E-state index < -0.39 is 0 Å². The lowest BCUT2D eigenvalue weighted by Gasteiger charge is -1.95. The van der Waals surface area contributed by atoms with Gasteiger partial charge in [0.25, 0.3) is 0 Å². The summed E-state index contributed by atoms with van der Waals surface area (Å²) >= 11 is 0. The second-order valence-electron chi connectivity index (χ2n) is 2.28. The fourth-order valence-corrected chi connectivity index (χ4v) is 0.608. The van der Waals surface area contributed by atoms with Crippen molar-refractivity contribution in [3.63, 3.8) is 0 Å². The number of nitrogens with zero attached hydrogens (tertiary/aromatic N) is 1. The molecule has 0 atom stereocenters. The van der Waals surface area contributed by atoms with E-state index in [1.165, 1.54) is 0 Å².